The molecule has 8 heteroatoms. The van der Waals surface area contributed by atoms with E-state index >= 15 is 0 Å². The van der Waals surface area contributed by atoms with Gasteiger partial charge in [0.1, 0.15) is 5.70 Å². The van der Waals surface area contributed by atoms with E-state index in [0.717, 1.165) is 25.9 Å². The molecule has 0 radical (unpaired) electrons. The molecule has 2 heterocycles. The molecule has 1 saturated heterocycles. The Morgan fingerprint density at radius 3 is 2.29 bits per heavy atom. The van der Waals surface area contributed by atoms with Gasteiger partial charge in [-0.2, -0.15) is 0 Å². The summed E-state index contributed by atoms with van der Waals surface area (Å²) in [6.07, 6.45) is 2.51. The van der Waals surface area contributed by atoms with Gasteiger partial charge >= 0.3 is 0 Å². The Morgan fingerprint density at radius 1 is 1.14 bits per heavy atom. The smallest absolute Gasteiger partial charge is 0.277 e. The number of hydrogen-bond acceptors (Lipinski definition) is 6. The second kappa shape index (κ2) is 8.10. The third-order valence-corrected chi connectivity index (χ3v) is 5.55. The maximum atomic E-state index is 13.1. The van der Waals surface area contributed by atoms with Crippen LogP contribution in [0.25, 0.3) is 5.57 Å². The zero-order chi connectivity index (χ0) is 20.4. The van der Waals surface area contributed by atoms with Crippen molar-refractivity contribution in [1.29, 1.82) is 0 Å². The highest BCUT2D eigenvalue weighted by Crippen LogP contribution is 2.34. The van der Waals surface area contributed by atoms with Crippen molar-refractivity contribution < 1.29 is 14.5 Å². The SMILES string of the molecule is CCCN1C(=O)C(c2ccc([N+](=O)[O-])cc2)=C(N(C)C2CCN(C)CC2)C1=O. The molecule has 1 aromatic carbocycles. The third kappa shape index (κ3) is 3.64. The predicted molar refractivity (Wildman–Crippen MR) is 105 cm³/mol. The molecule has 2 aliphatic heterocycles. The van der Waals surface area contributed by atoms with Gasteiger partial charge in [-0.05, 0) is 57.1 Å². The van der Waals surface area contributed by atoms with Crippen molar-refractivity contribution in [3.8, 4) is 0 Å². The number of imide groups is 1. The van der Waals surface area contributed by atoms with Crippen LogP contribution in [-0.2, 0) is 9.59 Å². The van der Waals surface area contributed by atoms with Gasteiger partial charge in [0.25, 0.3) is 17.5 Å². The molecule has 0 atom stereocenters. The molecule has 1 aromatic rings. The number of carbonyl (C=O) groups is 2. The Bertz CT molecular complexity index is 810. The summed E-state index contributed by atoms with van der Waals surface area (Å²) < 4.78 is 0. The summed E-state index contributed by atoms with van der Waals surface area (Å²) >= 11 is 0. The Morgan fingerprint density at radius 2 is 1.75 bits per heavy atom. The number of nitrogens with zero attached hydrogens (tertiary/aromatic N) is 4. The second-order valence-electron chi connectivity index (χ2n) is 7.43. The molecule has 0 unspecified atom stereocenters. The molecule has 0 aliphatic carbocycles. The molecule has 8 nitrogen and oxygen atoms in total. The Hall–Kier alpha value is -2.74. The number of piperidine rings is 1. The number of non-ortho nitro benzene ring substituents is 1. The van der Waals surface area contributed by atoms with Crippen molar-refractivity contribution in [3.63, 3.8) is 0 Å². The second-order valence-corrected chi connectivity index (χ2v) is 7.43. The van der Waals surface area contributed by atoms with Gasteiger partial charge in [0.05, 0.1) is 10.5 Å². The van der Waals surface area contributed by atoms with Crippen molar-refractivity contribution in [2.45, 2.75) is 32.2 Å². The highest BCUT2D eigenvalue weighted by atomic mass is 16.6. The van der Waals surface area contributed by atoms with Gasteiger partial charge in [0.2, 0.25) is 0 Å². The zero-order valence-electron chi connectivity index (χ0n) is 16.6. The molecule has 0 aromatic heterocycles. The molecule has 2 aliphatic rings. The normalized spacial score (nSPS) is 18.9. The lowest BCUT2D eigenvalue weighted by Crippen LogP contribution is -2.43. The summed E-state index contributed by atoms with van der Waals surface area (Å²) in [5.41, 5.74) is 1.24. The van der Waals surface area contributed by atoms with Crippen LogP contribution in [0.5, 0.6) is 0 Å². The van der Waals surface area contributed by atoms with E-state index in [4.69, 9.17) is 0 Å². The third-order valence-electron chi connectivity index (χ3n) is 5.55. The summed E-state index contributed by atoms with van der Waals surface area (Å²) in [7, 11) is 3.95. The van der Waals surface area contributed by atoms with E-state index in [1.807, 2.05) is 18.9 Å². The van der Waals surface area contributed by atoms with E-state index in [9.17, 15) is 19.7 Å². The highest BCUT2D eigenvalue weighted by Gasteiger charge is 2.42. The molecular formula is C20H26N4O4. The van der Waals surface area contributed by atoms with Gasteiger partial charge in [-0.15, -0.1) is 0 Å². The van der Waals surface area contributed by atoms with Gasteiger partial charge < -0.3 is 9.80 Å². The first kappa shape index (κ1) is 20.0. The first-order valence-corrected chi connectivity index (χ1v) is 9.61. The van der Waals surface area contributed by atoms with Crippen LogP contribution in [0.4, 0.5) is 5.69 Å². The van der Waals surface area contributed by atoms with E-state index in [2.05, 4.69) is 11.9 Å². The van der Waals surface area contributed by atoms with E-state index in [-0.39, 0.29) is 23.5 Å². The monoisotopic (exact) mass is 386 g/mol. The van der Waals surface area contributed by atoms with Crippen molar-refractivity contribution in [3.05, 3.63) is 45.6 Å². The van der Waals surface area contributed by atoms with Crippen LogP contribution >= 0.6 is 0 Å². The quantitative estimate of drug-likeness (QED) is 0.423. The van der Waals surface area contributed by atoms with Crippen molar-refractivity contribution in [2.24, 2.45) is 0 Å². The molecule has 0 bridgehead atoms. The minimum Gasteiger partial charge on any atom is -0.366 e. The predicted octanol–water partition coefficient (Wildman–Crippen LogP) is 2.11. The average Bonchev–Trinajstić information content (AvgIpc) is 2.93. The van der Waals surface area contributed by atoms with Gasteiger partial charge in [-0.1, -0.05) is 6.92 Å². The molecular weight excluding hydrogens is 360 g/mol. The maximum absolute atomic E-state index is 13.1. The zero-order valence-corrected chi connectivity index (χ0v) is 16.6. The largest absolute Gasteiger partial charge is 0.366 e. The van der Waals surface area contributed by atoms with Crippen LogP contribution in [0.15, 0.2) is 30.0 Å². The fraction of sp³-hybridized carbons (Fsp3) is 0.500. The molecule has 0 spiro atoms. The van der Waals surface area contributed by atoms with Crippen LogP contribution in [0, 0.1) is 10.1 Å². The topological polar surface area (TPSA) is 87.0 Å². The molecule has 150 valence electrons. The lowest BCUT2D eigenvalue weighted by atomic mass is 10.00. The summed E-state index contributed by atoms with van der Waals surface area (Å²) in [6, 6.07) is 6.02. The number of rotatable bonds is 6. The van der Waals surface area contributed by atoms with Crippen LogP contribution in [0.1, 0.15) is 31.7 Å². The van der Waals surface area contributed by atoms with Crippen LogP contribution in [0.3, 0.4) is 0 Å². The first-order chi connectivity index (χ1) is 13.3. The van der Waals surface area contributed by atoms with E-state index in [1.54, 1.807) is 12.1 Å². The number of benzene rings is 1. The van der Waals surface area contributed by atoms with Crippen molar-refractivity contribution in [1.82, 2.24) is 14.7 Å². The Labute approximate surface area is 164 Å². The molecule has 0 saturated carbocycles. The van der Waals surface area contributed by atoms with Gasteiger partial charge in [-0.25, -0.2) is 0 Å². The summed E-state index contributed by atoms with van der Waals surface area (Å²) in [5, 5.41) is 10.9. The number of nitro benzene ring substituents is 1. The lowest BCUT2D eigenvalue weighted by molar-refractivity contribution is -0.384. The van der Waals surface area contributed by atoms with Crippen LogP contribution in [-0.4, -0.2) is 71.2 Å². The number of hydrogen-bond donors (Lipinski definition) is 0. The minimum atomic E-state index is -0.477. The lowest BCUT2D eigenvalue weighted by Gasteiger charge is -2.36. The Balaban J connectivity index is 2.01. The molecule has 0 N–H and O–H groups in total. The standard InChI is InChI=1S/C20H26N4O4/c1-4-11-23-19(25)17(14-5-7-16(8-6-14)24(27)28)18(20(23)26)22(3)15-9-12-21(2)13-10-15/h5-8,15H,4,9-13H2,1-3H3. The number of amides is 2. The number of nitro groups is 1. The van der Waals surface area contributed by atoms with E-state index < -0.39 is 4.92 Å². The summed E-state index contributed by atoms with van der Waals surface area (Å²) in [6.45, 7) is 4.16. The number of likely N-dealkylation sites (tertiary alicyclic amines) is 1. The molecule has 2 amide bonds. The number of carbonyl (C=O) groups excluding carboxylic acids is 2. The molecule has 28 heavy (non-hydrogen) atoms. The average molecular weight is 386 g/mol. The maximum Gasteiger partial charge on any atom is 0.277 e. The van der Waals surface area contributed by atoms with Gasteiger partial charge in [0, 0.05) is 31.8 Å². The van der Waals surface area contributed by atoms with Gasteiger partial charge in [0.15, 0.2) is 0 Å². The van der Waals surface area contributed by atoms with Crippen molar-refractivity contribution >= 4 is 23.1 Å². The van der Waals surface area contributed by atoms with Crippen molar-refractivity contribution in [2.75, 3.05) is 33.7 Å². The number of likely N-dealkylation sites (N-methyl/N-ethyl adjacent to an activating group) is 1. The van der Waals surface area contributed by atoms with Gasteiger partial charge in [-0.3, -0.25) is 24.6 Å². The minimum absolute atomic E-state index is 0.0447. The first-order valence-electron chi connectivity index (χ1n) is 9.61. The summed E-state index contributed by atoms with van der Waals surface area (Å²) in [5.74, 6) is -0.600. The highest BCUT2D eigenvalue weighted by molar-refractivity contribution is 6.35. The summed E-state index contributed by atoms with van der Waals surface area (Å²) in [4.78, 5) is 42.1. The fourth-order valence-corrected chi connectivity index (χ4v) is 3.89. The van der Waals surface area contributed by atoms with E-state index in [0.29, 0.717) is 29.8 Å². The van der Waals surface area contributed by atoms with E-state index in [1.165, 1.54) is 17.0 Å². The molecule has 3 rings (SSSR count). The van der Waals surface area contributed by atoms with Crippen LogP contribution < -0.4 is 0 Å². The molecule has 1 fully saturated rings. The Kier molecular flexibility index (Phi) is 5.79. The fourth-order valence-electron chi connectivity index (χ4n) is 3.89. The van der Waals surface area contributed by atoms with Crippen LogP contribution in [0.2, 0.25) is 0 Å².